The van der Waals surface area contributed by atoms with Crippen molar-refractivity contribution >= 4 is 0 Å². The number of rotatable bonds is 4. The van der Waals surface area contributed by atoms with Gasteiger partial charge in [-0.3, -0.25) is 0 Å². The van der Waals surface area contributed by atoms with Crippen LogP contribution in [0.4, 0.5) is 0 Å². The van der Waals surface area contributed by atoms with Crippen LogP contribution >= 0.6 is 0 Å². The van der Waals surface area contributed by atoms with E-state index in [2.05, 4.69) is 30.6 Å². The monoisotopic (exact) mass is 190 g/mol. The number of hydrogen-bond donors (Lipinski definition) is 1. The van der Waals surface area contributed by atoms with Gasteiger partial charge in [0.05, 0.1) is 13.0 Å². The van der Waals surface area contributed by atoms with Crippen molar-refractivity contribution in [3.63, 3.8) is 0 Å². The third-order valence-electron chi connectivity index (χ3n) is 1.62. The molecule has 0 aromatic rings. The lowest BCUT2D eigenvalue weighted by molar-refractivity contribution is 0.343. The molecule has 1 N–H and O–H groups in total. The van der Waals surface area contributed by atoms with Crippen molar-refractivity contribution in [3.8, 4) is 23.7 Å². The van der Waals surface area contributed by atoms with Gasteiger partial charge in [0.1, 0.15) is 0 Å². The second kappa shape index (κ2) is 11.8. The van der Waals surface area contributed by atoms with E-state index >= 15 is 0 Å². The lowest BCUT2D eigenvalue weighted by atomic mass is 10.2. The largest absolute Gasteiger partial charge is 0.392 e. The number of aliphatic hydroxyl groups excluding tert-OH is 1. The number of allylic oxidation sites excluding steroid dienone is 1. The van der Waals surface area contributed by atoms with Gasteiger partial charge in [-0.2, -0.15) is 0 Å². The van der Waals surface area contributed by atoms with Crippen molar-refractivity contribution in [1.29, 1.82) is 0 Å². The first kappa shape index (κ1) is 12.8. The molecule has 0 aliphatic carbocycles. The minimum absolute atomic E-state index is 0.0530. The van der Waals surface area contributed by atoms with Gasteiger partial charge in [0, 0.05) is 6.42 Å². The molecule has 0 rings (SSSR count). The molecule has 0 radical (unpaired) electrons. The van der Waals surface area contributed by atoms with Crippen molar-refractivity contribution in [2.45, 2.75) is 39.0 Å². The Labute approximate surface area is 87.2 Å². The zero-order valence-corrected chi connectivity index (χ0v) is 8.84. The SMILES string of the molecule is CCCCCC#CCC#CC=CCO. The Balaban J connectivity index is 3.40. The molecule has 0 aromatic carbocycles. The highest BCUT2D eigenvalue weighted by Crippen LogP contribution is 1.96. The zero-order chi connectivity index (χ0) is 10.5. The first-order valence-electron chi connectivity index (χ1n) is 5.11. The number of aliphatic hydroxyl groups is 1. The molecule has 0 heterocycles. The summed E-state index contributed by atoms with van der Waals surface area (Å²) in [5.74, 6) is 11.8. The molecule has 0 atom stereocenters. The van der Waals surface area contributed by atoms with Crippen LogP contribution in [0.1, 0.15) is 39.0 Å². The molecule has 1 heteroatoms. The Morgan fingerprint density at radius 1 is 1.14 bits per heavy atom. The molecule has 0 unspecified atom stereocenters. The quantitative estimate of drug-likeness (QED) is 0.533. The van der Waals surface area contributed by atoms with Crippen molar-refractivity contribution in [3.05, 3.63) is 12.2 Å². The highest BCUT2D eigenvalue weighted by molar-refractivity contribution is 5.19. The summed E-state index contributed by atoms with van der Waals surface area (Å²) in [5, 5.41) is 8.41. The van der Waals surface area contributed by atoms with E-state index in [0.717, 1.165) is 6.42 Å². The lowest BCUT2D eigenvalue weighted by Crippen LogP contribution is -1.71. The lowest BCUT2D eigenvalue weighted by Gasteiger charge is -1.87. The second-order valence-corrected chi connectivity index (χ2v) is 2.89. The maximum absolute atomic E-state index is 8.41. The van der Waals surface area contributed by atoms with Crippen molar-refractivity contribution < 1.29 is 5.11 Å². The van der Waals surface area contributed by atoms with Gasteiger partial charge < -0.3 is 5.11 Å². The van der Waals surface area contributed by atoms with E-state index in [-0.39, 0.29) is 6.61 Å². The Morgan fingerprint density at radius 3 is 2.71 bits per heavy atom. The van der Waals surface area contributed by atoms with Gasteiger partial charge in [0.2, 0.25) is 0 Å². The van der Waals surface area contributed by atoms with Crippen LogP contribution < -0.4 is 0 Å². The Kier molecular flexibility index (Phi) is 10.8. The van der Waals surface area contributed by atoms with Crippen LogP contribution in [0.3, 0.4) is 0 Å². The summed E-state index contributed by atoms with van der Waals surface area (Å²) in [6, 6.07) is 0. The van der Waals surface area contributed by atoms with Gasteiger partial charge in [-0.25, -0.2) is 0 Å². The smallest absolute Gasteiger partial charge is 0.0706 e. The fourth-order valence-corrected chi connectivity index (χ4v) is 0.880. The summed E-state index contributed by atoms with van der Waals surface area (Å²) in [7, 11) is 0. The van der Waals surface area contributed by atoms with Gasteiger partial charge in [-0.15, -0.1) is 5.92 Å². The molecular weight excluding hydrogens is 172 g/mol. The van der Waals surface area contributed by atoms with E-state index in [0.29, 0.717) is 6.42 Å². The summed E-state index contributed by atoms with van der Waals surface area (Å²) < 4.78 is 0. The van der Waals surface area contributed by atoms with Gasteiger partial charge in [-0.1, -0.05) is 43.6 Å². The summed E-state index contributed by atoms with van der Waals surface area (Å²) >= 11 is 0. The molecular formula is C13H18O. The van der Waals surface area contributed by atoms with Crippen molar-refractivity contribution in [2.75, 3.05) is 6.61 Å². The van der Waals surface area contributed by atoms with Gasteiger partial charge in [0.15, 0.2) is 0 Å². The predicted molar refractivity (Wildman–Crippen MR) is 60.5 cm³/mol. The average molecular weight is 190 g/mol. The number of unbranched alkanes of at least 4 members (excludes halogenated alkanes) is 3. The van der Waals surface area contributed by atoms with Crippen LogP contribution in [0.25, 0.3) is 0 Å². The summed E-state index contributed by atoms with van der Waals surface area (Å²) in [6.07, 6.45) is 8.58. The number of hydrogen-bond acceptors (Lipinski definition) is 1. The zero-order valence-electron chi connectivity index (χ0n) is 8.84. The molecule has 0 aliphatic rings. The molecule has 0 fully saturated rings. The fraction of sp³-hybridized carbons (Fsp3) is 0.538. The highest BCUT2D eigenvalue weighted by Gasteiger charge is 1.79. The van der Waals surface area contributed by atoms with Gasteiger partial charge >= 0.3 is 0 Å². The van der Waals surface area contributed by atoms with Crippen LogP contribution in [0.15, 0.2) is 12.2 Å². The standard InChI is InChI=1S/C13H18O/c1-2-3-4-5-6-7-8-9-10-11-12-13-14/h11-12,14H,2-5,8,13H2,1H3. The molecule has 0 saturated carbocycles. The van der Waals surface area contributed by atoms with Crippen LogP contribution in [-0.4, -0.2) is 11.7 Å². The van der Waals surface area contributed by atoms with Gasteiger partial charge in [-0.05, 0) is 12.5 Å². The molecule has 0 bridgehead atoms. The predicted octanol–water partition coefficient (Wildman–Crippen LogP) is 2.51. The molecule has 1 nitrogen and oxygen atoms in total. The third kappa shape index (κ3) is 10.8. The minimum Gasteiger partial charge on any atom is -0.392 e. The molecule has 0 aliphatic heterocycles. The van der Waals surface area contributed by atoms with E-state index in [1.54, 1.807) is 12.2 Å². The van der Waals surface area contributed by atoms with E-state index in [9.17, 15) is 0 Å². The summed E-state index contributed by atoms with van der Waals surface area (Å²) in [4.78, 5) is 0. The summed E-state index contributed by atoms with van der Waals surface area (Å²) in [5.41, 5.74) is 0. The maximum Gasteiger partial charge on any atom is 0.0706 e. The van der Waals surface area contributed by atoms with Gasteiger partial charge in [0.25, 0.3) is 0 Å². The topological polar surface area (TPSA) is 20.2 Å². The van der Waals surface area contributed by atoms with E-state index in [1.165, 1.54) is 19.3 Å². The Bertz CT molecular complexity index is 254. The molecule has 14 heavy (non-hydrogen) atoms. The second-order valence-electron chi connectivity index (χ2n) is 2.89. The van der Waals surface area contributed by atoms with E-state index in [4.69, 9.17) is 5.11 Å². The van der Waals surface area contributed by atoms with Crippen molar-refractivity contribution in [2.24, 2.45) is 0 Å². The molecule has 0 amide bonds. The Hall–Kier alpha value is -1.18. The average Bonchev–Trinajstić information content (AvgIpc) is 2.21. The van der Waals surface area contributed by atoms with Crippen LogP contribution in [-0.2, 0) is 0 Å². The fourth-order valence-electron chi connectivity index (χ4n) is 0.880. The third-order valence-corrected chi connectivity index (χ3v) is 1.62. The first-order chi connectivity index (χ1) is 6.91. The van der Waals surface area contributed by atoms with E-state index in [1.807, 2.05) is 0 Å². The molecule has 0 aromatic heterocycles. The van der Waals surface area contributed by atoms with Crippen LogP contribution in [0.2, 0.25) is 0 Å². The summed E-state index contributed by atoms with van der Waals surface area (Å²) in [6.45, 7) is 2.24. The first-order valence-corrected chi connectivity index (χ1v) is 5.11. The normalized spacial score (nSPS) is 9.00. The van der Waals surface area contributed by atoms with Crippen molar-refractivity contribution in [1.82, 2.24) is 0 Å². The molecule has 76 valence electrons. The Morgan fingerprint density at radius 2 is 2.00 bits per heavy atom. The molecule has 0 saturated heterocycles. The van der Waals surface area contributed by atoms with E-state index < -0.39 is 0 Å². The van der Waals surface area contributed by atoms with Crippen LogP contribution in [0.5, 0.6) is 0 Å². The maximum atomic E-state index is 8.41. The molecule has 0 spiro atoms. The van der Waals surface area contributed by atoms with Crippen LogP contribution in [0, 0.1) is 23.7 Å². The highest BCUT2D eigenvalue weighted by atomic mass is 16.2. The minimum atomic E-state index is 0.0530.